The monoisotopic (exact) mass is 678 g/mol. The third-order valence-corrected chi connectivity index (χ3v) is 7.06. The Balaban J connectivity index is 1.48. The molecule has 0 aliphatic rings. The second-order valence-electron chi connectivity index (χ2n) is 9.59. The number of hydrogen-bond donors (Lipinski definition) is 2. The lowest BCUT2D eigenvalue weighted by atomic mass is 10.1. The molecule has 0 saturated heterocycles. The molecule has 1 atom stereocenters. The van der Waals surface area contributed by atoms with Crippen LogP contribution in [0.5, 0.6) is 0 Å². The molecule has 0 aliphatic carbocycles. The maximum atomic E-state index is 13.8. The molecule has 0 bridgehead atoms. The first-order valence-electron chi connectivity index (χ1n) is 12.9. The fourth-order valence-electron chi connectivity index (χ4n) is 4.20. The molecule has 4 aromatic heterocycles. The van der Waals surface area contributed by atoms with Crippen LogP contribution < -0.4 is 10.6 Å². The van der Waals surface area contributed by atoms with Gasteiger partial charge in [-0.2, -0.15) is 23.1 Å². The molecular formula is C27H20Cl3F3N10O2. The number of anilines is 1. The van der Waals surface area contributed by atoms with Gasteiger partial charge in [-0.15, -0.1) is 10.2 Å². The number of tetrazole rings is 1. The van der Waals surface area contributed by atoms with Crippen LogP contribution in [0.1, 0.15) is 56.5 Å². The zero-order valence-electron chi connectivity index (χ0n) is 23.1. The topological polar surface area (TPSA) is 145 Å². The minimum absolute atomic E-state index is 0.0642. The SMILES string of the molecule is Cc1cc(Cl)cc(C(=O)NC(C)c2ccc(Cl)nc2)c1NC(=O)c1cc(Cn2nnc(C(F)(F)F)n2)nn1-c1ncccc1Cl. The van der Waals surface area contributed by atoms with Crippen molar-refractivity contribution in [2.75, 3.05) is 5.32 Å². The minimum Gasteiger partial charge on any atom is -0.345 e. The van der Waals surface area contributed by atoms with Crippen molar-refractivity contribution in [1.82, 2.24) is 45.3 Å². The van der Waals surface area contributed by atoms with Crippen LogP contribution in [0.4, 0.5) is 18.9 Å². The molecule has 4 heterocycles. The highest BCUT2D eigenvalue weighted by Crippen LogP contribution is 2.29. The van der Waals surface area contributed by atoms with E-state index in [0.717, 1.165) is 4.68 Å². The molecule has 5 rings (SSSR count). The van der Waals surface area contributed by atoms with Crippen molar-refractivity contribution in [1.29, 1.82) is 0 Å². The summed E-state index contributed by atoms with van der Waals surface area (Å²) in [4.78, 5) is 36.1. The van der Waals surface area contributed by atoms with Crippen LogP contribution in [-0.2, 0) is 12.7 Å². The van der Waals surface area contributed by atoms with E-state index in [9.17, 15) is 22.8 Å². The molecule has 0 radical (unpaired) electrons. The van der Waals surface area contributed by atoms with E-state index < -0.39 is 29.9 Å². The summed E-state index contributed by atoms with van der Waals surface area (Å²) in [5.41, 5.74) is 1.35. The summed E-state index contributed by atoms with van der Waals surface area (Å²) in [5.74, 6) is -2.65. The van der Waals surface area contributed by atoms with Crippen molar-refractivity contribution in [2.45, 2.75) is 32.6 Å². The van der Waals surface area contributed by atoms with Gasteiger partial charge in [0.25, 0.3) is 17.6 Å². The zero-order valence-corrected chi connectivity index (χ0v) is 25.4. The van der Waals surface area contributed by atoms with Gasteiger partial charge in [0.05, 0.1) is 28.0 Å². The molecule has 0 fully saturated rings. The number of alkyl halides is 3. The Bertz CT molecular complexity index is 1890. The molecule has 5 aromatic rings. The molecule has 0 aliphatic heterocycles. The third kappa shape index (κ3) is 7.21. The second-order valence-corrected chi connectivity index (χ2v) is 10.8. The summed E-state index contributed by atoms with van der Waals surface area (Å²) < 4.78 is 40.1. The lowest BCUT2D eigenvalue weighted by Gasteiger charge is -2.18. The molecule has 0 spiro atoms. The fraction of sp³-hybridized carbons (Fsp3) is 0.185. The molecular weight excluding hydrogens is 660 g/mol. The number of aromatic nitrogens is 8. The number of hydrogen-bond acceptors (Lipinski definition) is 8. The molecule has 2 amide bonds. The highest BCUT2D eigenvalue weighted by atomic mass is 35.5. The van der Waals surface area contributed by atoms with Crippen molar-refractivity contribution in [3.8, 4) is 5.82 Å². The van der Waals surface area contributed by atoms with E-state index >= 15 is 0 Å². The molecule has 45 heavy (non-hydrogen) atoms. The van der Waals surface area contributed by atoms with Gasteiger partial charge in [0.15, 0.2) is 5.82 Å². The van der Waals surface area contributed by atoms with Gasteiger partial charge in [-0.1, -0.05) is 40.9 Å². The summed E-state index contributed by atoms with van der Waals surface area (Å²) in [6.45, 7) is 3.03. The quantitative estimate of drug-likeness (QED) is 0.198. The van der Waals surface area contributed by atoms with E-state index in [1.807, 2.05) is 0 Å². The molecule has 2 N–H and O–H groups in total. The Labute approximate surface area is 267 Å². The summed E-state index contributed by atoms with van der Waals surface area (Å²) in [6, 6.07) is 10.2. The minimum atomic E-state index is -4.80. The van der Waals surface area contributed by atoms with Crippen molar-refractivity contribution in [2.24, 2.45) is 0 Å². The van der Waals surface area contributed by atoms with Crippen molar-refractivity contribution in [3.05, 3.63) is 104 Å². The predicted molar refractivity (Wildman–Crippen MR) is 158 cm³/mol. The van der Waals surface area contributed by atoms with Gasteiger partial charge in [-0.05, 0) is 66.6 Å². The first-order valence-corrected chi connectivity index (χ1v) is 14.0. The average molecular weight is 680 g/mol. The van der Waals surface area contributed by atoms with Gasteiger partial charge in [0.2, 0.25) is 0 Å². The molecule has 18 heteroatoms. The number of amides is 2. The maximum Gasteiger partial charge on any atom is 0.455 e. The molecule has 0 saturated carbocycles. The van der Waals surface area contributed by atoms with Crippen LogP contribution in [0.25, 0.3) is 5.82 Å². The number of benzene rings is 1. The molecule has 1 unspecified atom stereocenters. The number of nitrogens with one attached hydrogen (secondary N) is 2. The summed E-state index contributed by atoms with van der Waals surface area (Å²) in [6.07, 6.45) is -1.85. The number of aryl methyl sites for hydroxylation is 1. The van der Waals surface area contributed by atoms with E-state index in [1.165, 1.54) is 30.6 Å². The number of pyridine rings is 2. The number of nitrogens with zero attached hydrogens (tertiary/aromatic N) is 8. The third-order valence-electron chi connectivity index (χ3n) is 6.32. The van der Waals surface area contributed by atoms with Crippen LogP contribution in [0.2, 0.25) is 15.2 Å². The highest BCUT2D eigenvalue weighted by molar-refractivity contribution is 6.32. The van der Waals surface area contributed by atoms with Crippen molar-refractivity contribution >= 4 is 52.3 Å². The summed E-state index contributed by atoms with van der Waals surface area (Å²) >= 11 is 18.5. The van der Waals surface area contributed by atoms with Gasteiger partial charge in [-0.25, -0.2) is 14.6 Å². The number of carbonyl (C=O) groups is 2. The lowest BCUT2D eigenvalue weighted by Crippen LogP contribution is -2.28. The average Bonchev–Trinajstić information content (AvgIpc) is 3.62. The molecule has 1 aromatic carbocycles. The van der Waals surface area contributed by atoms with Crippen molar-refractivity contribution in [3.63, 3.8) is 0 Å². The fourth-order valence-corrected chi connectivity index (χ4v) is 4.79. The van der Waals surface area contributed by atoms with Crippen LogP contribution >= 0.6 is 34.8 Å². The summed E-state index contributed by atoms with van der Waals surface area (Å²) in [7, 11) is 0. The van der Waals surface area contributed by atoms with Gasteiger partial charge in [0.1, 0.15) is 17.4 Å². The standard InChI is InChI=1S/C27H20Cl3F3N10O2/c1-13-8-16(28)9-18(24(44)36-14(2)15-5-6-21(30)35-11-15)22(13)37-25(45)20-10-17(12-42-40-26(38-41-42)27(31,32)33)39-43(20)23-19(29)4-3-7-34-23/h3-11,14H,12H2,1-2H3,(H,36,44)(H,37,45). The molecule has 232 valence electrons. The molecule has 12 nitrogen and oxygen atoms in total. The van der Waals surface area contributed by atoms with Crippen LogP contribution in [-0.4, -0.2) is 51.8 Å². The first-order chi connectivity index (χ1) is 21.3. The Hall–Kier alpha value is -4.60. The van der Waals surface area contributed by atoms with Gasteiger partial charge in [-0.3, -0.25) is 9.59 Å². The summed E-state index contributed by atoms with van der Waals surface area (Å²) in [5, 5.41) is 20.4. The Morgan fingerprint density at radius 3 is 2.47 bits per heavy atom. The van der Waals surface area contributed by atoms with E-state index in [1.54, 1.807) is 38.1 Å². The van der Waals surface area contributed by atoms with Gasteiger partial charge >= 0.3 is 6.18 Å². The highest BCUT2D eigenvalue weighted by Gasteiger charge is 2.37. The van der Waals surface area contributed by atoms with E-state index in [0.29, 0.717) is 21.1 Å². The Morgan fingerprint density at radius 2 is 1.80 bits per heavy atom. The lowest BCUT2D eigenvalue weighted by molar-refractivity contribution is -0.145. The zero-order chi connectivity index (χ0) is 32.5. The van der Waals surface area contributed by atoms with Gasteiger partial charge < -0.3 is 10.6 Å². The van der Waals surface area contributed by atoms with Crippen LogP contribution in [0.15, 0.2) is 54.9 Å². The second kappa shape index (κ2) is 12.8. The normalized spacial score (nSPS) is 12.2. The first kappa shape index (κ1) is 31.8. The van der Waals surface area contributed by atoms with E-state index in [2.05, 4.69) is 41.1 Å². The smallest absolute Gasteiger partial charge is 0.345 e. The number of halogens is 6. The van der Waals surface area contributed by atoms with Crippen LogP contribution in [0, 0.1) is 6.92 Å². The largest absolute Gasteiger partial charge is 0.455 e. The van der Waals surface area contributed by atoms with Crippen LogP contribution in [0.3, 0.4) is 0 Å². The maximum absolute atomic E-state index is 13.8. The Morgan fingerprint density at radius 1 is 1.02 bits per heavy atom. The van der Waals surface area contributed by atoms with Crippen molar-refractivity contribution < 1.29 is 22.8 Å². The number of carbonyl (C=O) groups excluding carboxylic acids is 2. The predicted octanol–water partition coefficient (Wildman–Crippen LogP) is 5.73. The van der Waals surface area contributed by atoms with Gasteiger partial charge in [0, 0.05) is 17.4 Å². The van der Waals surface area contributed by atoms with E-state index in [-0.39, 0.29) is 45.0 Å². The van der Waals surface area contributed by atoms with E-state index in [4.69, 9.17) is 34.8 Å². The Kier molecular flexibility index (Phi) is 9.04. The number of rotatable bonds is 8.